The fraction of sp³-hybridized carbons (Fsp3) is 0.385. The minimum Gasteiger partial charge on any atom is -0.339 e. The molecule has 6 nitrogen and oxygen atoms in total. The van der Waals surface area contributed by atoms with E-state index in [1.807, 2.05) is 24.3 Å². The van der Waals surface area contributed by atoms with E-state index in [1.54, 1.807) is 6.92 Å². The second-order valence-electron chi connectivity index (χ2n) is 4.84. The molecule has 2 heterocycles. The smallest absolute Gasteiger partial charge is 0.223 e. The van der Waals surface area contributed by atoms with Gasteiger partial charge in [-0.1, -0.05) is 29.4 Å². The van der Waals surface area contributed by atoms with E-state index in [2.05, 4.69) is 10.1 Å². The number of nitrogens with zero attached hydrogens (tertiary/aromatic N) is 3. The normalized spacial score (nSPS) is 18.4. The topological polar surface area (TPSA) is 76.3 Å². The maximum atomic E-state index is 11.8. The third-order valence-corrected chi connectivity index (χ3v) is 5.20. The van der Waals surface area contributed by atoms with Crippen molar-refractivity contribution >= 4 is 10.0 Å². The molecule has 0 N–H and O–H groups in total. The summed E-state index contributed by atoms with van der Waals surface area (Å²) in [5, 5.41) is 3.85. The van der Waals surface area contributed by atoms with Crippen LogP contribution in [0.15, 0.2) is 28.8 Å². The molecule has 0 amide bonds. The molecule has 0 saturated carbocycles. The first-order valence-electron chi connectivity index (χ1n) is 6.42. The van der Waals surface area contributed by atoms with Gasteiger partial charge in [0.2, 0.25) is 21.7 Å². The third-order valence-electron chi connectivity index (χ3n) is 3.30. The minimum absolute atomic E-state index is 0.257. The summed E-state index contributed by atoms with van der Waals surface area (Å²) in [6.07, 6.45) is 0.711. The molecule has 7 heteroatoms. The first-order valence-corrected chi connectivity index (χ1v) is 8.03. The highest BCUT2D eigenvalue weighted by molar-refractivity contribution is 7.89. The van der Waals surface area contributed by atoms with Gasteiger partial charge in [0.1, 0.15) is 0 Å². The summed E-state index contributed by atoms with van der Waals surface area (Å²) in [5.41, 5.74) is 1.81. The van der Waals surface area contributed by atoms with Gasteiger partial charge in [0.05, 0.1) is 5.75 Å². The van der Waals surface area contributed by atoms with Gasteiger partial charge in [-0.05, 0) is 12.0 Å². The molecule has 1 aromatic carbocycles. The molecule has 1 aromatic heterocycles. The largest absolute Gasteiger partial charge is 0.339 e. The van der Waals surface area contributed by atoms with Gasteiger partial charge in [0.25, 0.3) is 0 Å². The van der Waals surface area contributed by atoms with Crippen molar-refractivity contribution in [2.75, 3.05) is 12.3 Å². The lowest BCUT2D eigenvalue weighted by Gasteiger charge is -2.14. The number of hydrogen-bond donors (Lipinski definition) is 0. The molecule has 1 aliphatic heterocycles. The summed E-state index contributed by atoms with van der Waals surface area (Å²) in [5.74, 6) is 1.32. The maximum absolute atomic E-state index is 11.8. The average Bonchev–Trinajstić information content (AvgIpc) is 2.97. The van der Waals surface area contributed by atoms with Crippen molar-refractivity contribution in [2.45, 2.75) is 19.9 Å². The van der Waals surface area contributed by atoms with E-state index in [0.717, 1.165) is 11.1 Å². The highest BCUT2D eigenvalue weighted by Gasteiger charge is 2.27. The summed E-state index contributed by atoms with van der Waals surface area (Å²) < 4.78 is 30.0. The molecule has 0 aliphatic carbocycles. The zero-order valence-corrected chi connectivity index (χ0v) is 11.9. The zero-order chi connectivity index (χ0) is 14.2. The molecule has 20 heavy (non-hydrogen) atoms. The number of benzene rings is 1. The van der Waals surface area contributed by atoms with Crippen LogP contribution in [-0.2, 0) is 16.6 Å². The minimum atomic E-state index is -3.05. The molecule has 1 fully saturated rings. The van der Waals surface area contributed by atoms with Gasteiger partial charge >= 0.3 is 0 Å². The molecule has 2 aromatic rings. The van der Waals surface area contributed by atoms with Crippen LogP contribution in [0.2, 0.25) is 0 Å². The molecule has 1 saturated heterocycles. The first kappa shape index (κ1) is 13.3. The van der Waals surface area contributed by atoms with Crippen molar-refractivity contribution in [3.05, 3.63) is 35.7 Å². The van der Waals surface area contributed by atoms with Gasteiger partial charge in [0.15, 0.2) is 0 Å². The Kier molecular flexibility index (Phi) is 3.31. The number of sulfonamides is 1. The molecular weight excluding hydrogens is 278 g/mol. The number of rotatable bonds is 3. The van der Waals surface area contributed by atoms with E-state index >= 15 is 0 Å². The Balaban J connectivity index is 1.77. The molecule has 106 valence electrons. The van der Waals surface area contributed by atoms with Crippen molar-refractivity contribution in [2.24, 2.45) is 0 Å². The molecule has 3 rings (SSSR count). The Morgan fingerprint density at radius 1 is 1.30 bits per heavy atom. The van der Waals surface area contributed by atoms with Crippen molar-refractivity contribution < 1.29 is 12.9 Å². The number of aryl methyl sites for hydroxylation is 1. The second-order valence-corrected chi connectivity index (χ2v) is 6.93. The molecular formula is C13H15N3O3S. The van der Waals surface area contributed by atoms with E-state index in [0.29, 0.717) is 31.2 Å². The van der Waals surface area contributed by atoms with Crippen molar-refractivity contribution in [3.63, 3.8) is 0 Å². The Morgan fingerprint density at radius 3 is 2.60 bits per heavy atom. The lowest BCUT2D eigenvalue weighted by atomic mass is 10.1. The van der Waals surface area contributed by atoms with Crippen LogP contribution in [0.3, 0.4) is 0 Å². The molecule has 0 atom stereocenters. The van der Waals surface area contributed by atoms with Gasteiger partial charge in [-0.3, -0.25) is 0 Å². The number of hydrogen-bond acceptors (Lipinski definition) is 5. The molecule has 0 bridgehead atoms. The van der Waals surface area contributed by atoms with Gasteiger partial charge in [-0.2, -0.15) is 9.29 Å². The maximum Gasteiger partial charge on any atom is 0.223 e. The summed E-state index contributed by atoms with van der Waals surface area (Å²) in [6, 6.07) is 7.55. The predicted molar refractivity (Wildman–Crippen MR) is 73.3 cm³/mol. The molecule has 0 spiro atoms. The van der Waals surface area contributed by atoms with Crippen molar-refractivity contribution in [1.29, 1.82) is 0 Å². The standard InChI is InChI=1S/C13H15N3O3S/c1-10-14-13(15-19-10)12-5-3-11(4-6-12)9-16-7-2-8-20(16,17)18/h3-6H,2,7-9H2,1H3. The van der Waals surface area contributed by atoms with Crippen LogP contribution < -0.4 is 0 Å². The third kappa shape index (κ3) is 2.59. The lowest BCUT2D eigenvalue weighted by Crippen LogP contribution is -2.25. The Bertz CT molecular complexity index is 707. The van der Waals surface area contributed by atoms with Gasteiger partial charge in [0, 0.05) is 25.6 Å². The van der Waals surface area contributed by atoms with Crippen LogP contribution in [0.25, 0.3) is 11.4 Å². The second kappa shape index (κ2) is 4.99. The van der Waals surface area contributed by atoms with Crippen molar-refractivity contribution in [3.8, 4) is 11.4 Å². The van der Waals surface area contributed by atoms with Gasteiger partial charge in [-0.25, -0.2) is 8.42 Å². The van der Waals surface area contributed by atoms with E-state index in [4.69, 9.17) is 4.52 Å². The van der Waals surface area contributed by atoms with Crippen LogP contribution in [-0.4, -0.2) is 35.2 Å². The summed E-state index contributed by atoms with van der Waals surface area (Å²) >= 11 is 0. The lowest BCUT2D eigenvalue weighted by molar-refractivity contribution is 0.394. The van der Waals surface area contributed by atoms with Gasteiger partial charge in [-0.15, -0.1) is 0 Å². The molecule has 0 unspecified atom stereocenters. The molecule has 1 aliphatic rings. The van der Waals surface area contributed by atoms with Crippen LogP contribution in [0.4, 0.5) is 0 Å². The SMILES string of the molecule is Cc1nc(-c2ccc(CN3CCCS3(=O)=O)cc2)no1. The van der Waals surface area contributed by atoms with Crippen LogP contribution in [0.1, 0.15) is 17.9 Å². The van der Waals surface area contributed by atoms with E-state index < -0.39 is 10.0 Å². The Morgan fingerprint density at radius 2 is 2.05 bits per heavy atom. The fourth-order valence-electron chi connectivity index (χ4n) is 2.25. The number of aromatic nitrogens is 2. The van der Waals surface area contributed by atoms with Crippen LogP contribution in [0, 0.1) is 6.92 Å². The molecule has 0 radical (unpaired) electrons. The van der Waals surface area contributed by atoms with E-state index in [9.17, 15) is 8.42 Å². The fourth-order valence-corrected chi connectivity index (χ4v) is 3.75. The Labute approximate surface area is 117 Å². The average molecular weight is 293 g/mol. The predicted octanol–water partition coefficient (Wildman–Crippen LogP) is 1.58. The monoisotopic (exact) mass is 293 g/mol. The highest BCUT2D eigenvalue weighted by Crippen LogP contribution is 2.20. The van der Waals surface area contributed by atoms with E-state index in [1.165, 1.54) is 4.31 Å². The first-order chi connectivity index (χ1) is 9.54. The van der Waals surface area contributed by atoms with Crippen LogP contribution in [0.5, 0.6) is 0 Å². The van der Waals surface area contributed by atoms with Crippen molar-refractivity contribution in [1.82, 2.24) is 14.4 Å². The highest BCUT2D eigenvalue weighted by atomic mass is 32.2. The van der Waals surface area contributed by atoms with Crippen LogP contribution >= 0.6 is 0 Å². The Hall–Kier alpha value is -1.73. The summed E-state index contributed by atoms with van der Waals surface area (Å²) in [6.45, 7) is 2.77. The summed E-state index contributed by atoms with van der Waals surface area (Å²) in [4.78, 5) is 4.15. The zero-order valence-electron chi connectivity index (χ0n) is 11.1. The quantitative estimate of drug-likeness (QED) is 0.858. The van der Waals surface area contributed by atoms with E-state index in [-0.39, 0.29) is 5.75 Å². The van der Waals surface area contributed by atoms with Gasteiger partial charge < -0.3 is 4.52 Å². The summed E-state index contributed by atoms with van der Waals surface area (Å²) in [7, 11) is -3.05.